The third-order valence-corrected chi connectivity index (χ3v) is 18.0. The van der Waals surface area contributed by atoms with Crippen molar-refractivity contribution < 1.29 is 95.4 Å². The first-order chi connectivity index (χ1) is 45.1. The van der Waals surface area contributed by atoms with Gasteiger partial charge < -0.3 is 62.5 Å². The van der Waals surface area contributed by atoms with E-state index in [1.165, 1.54) is 58.3 Å². The molecule has 3 unspecified atom stereocenters. The maximum atomic E-state index is 13.8. The van der Waals surface area contributed by atoms with E-state index in [-0.39, 0.29) is 74.3 Å². The number of aliphatic carboxylic acids is 6. The molecule has 3 aromatic carbocycles. The molecule has 6 rings (SSSR count). The number of benzene rings is 3. The summed E-state index contributed by atoms with van der Waals surface area (Å²) >= 11 is 0. The first-order valence-electron chi connectivity index (χ1n) is 30.2. The van der Waals surface area contributed by atoms with Gasteiger partial charge in [0.15, 0.2) is 5.96 Å². The minimum Gasteiger partial charge on any atom is -0.481 e. The Morgan fingerprint density at radius 3 is 1.57 bits per heavy atom. The smallest absolute Gasteiger partial charge is 0.323 e. The highest BCUT2D eigenvalue weighted by molar-refractivity contribution is 7.89. The van der Waals surface area contributed by atoms with Crippen LogP contribution < -0.4 is 41.3 Å². The van der Waals surface area contributed by atoms with Gasteiger partial charge in [-0.15, -0.1) is 0 Å². The highest BCUT2D eigenvalue weighted by Crippen LogP contribution is 2.24. The van der Waals surface area contributed by atoms with Crippen LogP contribution in [-0.2, 0) is 69.7 Å². The van der Waals surface area contributed by atoms with Gasteiger partial charge in [-0.2, -0.15) is 9.82 Å². The number of guanidine groups is 1. The fourth-order valence-corrected chi connectivity index (χ4v) is 12.2. The van der Waals surface area contributed by atoms with Gasteiger partial charge in [-0.1, -0.05) is 24.3 Å². The van der Waals surface area contributed by atoms with Crippen LogP contribution in [0, 0.1) is 0 Å². The monoisotopic (exact) mass is 1370 g/mol. The summed E-state index contributed by atoms with van der Waals surface area (Å²) in [6, 6.07) is 10.4. The van der Waals surface area contributed by atoms with Crippen molar-refractivity contribution in [3.05, 3.63) is 78.5 Å². The Hall–Kier alpha value is -9.24. The lowest BCUT2D eigenvalue weighted by molar-refractivity contribution is -0.140. The molecule has 0 bridgehead atoms. The summed E-state index contributed by atoms with van der Waals surface area (Å²) < 4.78 is 59.7. The molecule has 0 aliphatic carbocycles. The van der Waals surface area contributed by atoms with Gasteiger partial charge in [0.1, 0.15) is 18.1 Å². The summed E-state index contributed by atoms with van der Waals surface area (Å²) in [6.45, 7) is 0.280. The highest BCUT2D eigenvalue weighted by Gasteiger charge is 2.31. The number of amides is 4. The molecule has 1 fully saturated rings. The fourth-order valence-electron chi connectivity index (χ4n) is 10.0. The van der Waals surface area contributed by atoms with Crippen LogP contribution in [0.3, 0.4) is 0 Å². The van der Waals surface area contributed by atoms with E-state index in [2.05, 4.69) is 51.4 Å². The van der Waals surface area contributed by atoms with E-state index in [1.807, 2.05) is 0 Å². The fraction of sp³-hybridized carbons (Fsp3) is 0.483. The molecule has 518 valence electrons. The SMILES string of the molecule is O=C(O)CCC(NC(=O)CN1CCN(CC(=O)O)CCN(CC(=O)O)CCN(CC(=O)O)CC1)C(=O)NC(CCC(=O)O)C(=O)NCCNS(=O)(=O)c1ccc(-c2ccc(S(=O)(=O)NC(CNC(=O)c3ccc4c(cnn4CCCNC4=NCCCN4)c3)C(=O)O)cc2)cc1. The number of carbonyl (C=O) groups excluding carboxylic acids is 4. The van der Waals surface area contributed by atoms with E-state index >= 15 is 0 Å². The summed E-state index contributed by atoms with van der Waals surface area (Å²) in [5.41, 5.74) is 1.84. The molecular formula is C58H79N15O20S2. The number of carbonyl (C=O) groups is 10. The molecule has 35 nitrogen and oxygen atoms in total. The van der Waals surface area contributed by atoms with Crippen LogP contribution in [0.5, 0.6) is 0 Å². The van der Waals surface area contributed by atoms with Crippen molar-refractivity contribution in [2.45, 2.75) is 73.0 Å². The zero-order valence-corrected chi connectivity index (χ0v) is 53.3. The van der Waals surface area contributed by atoms with Crippen LogP contribution in [0.4, 0.5) is 0 Å². The first-order valence-corrected chi connectivity index (χ1v) is 33.2. The van der Waals surface area contributed by atoms with Gasteiger partial charge >= 0.3 is 35.8 Å². The molecule has 0 saturated carbocycles. The topological polar surface area (TPSA) is 500 Å². The summed E-state index contributed by atoms with van der Waals surface area (Å²) in [5.74, 6) is -10.6. The van der Waals surface area contributed by atoms with Gasteiger partial charge in [-0.25, -0.2) is 21.6 Å². The van der Waals surface area contributed by atoms with Crippen molar-refractivity contribution in [3.8, 4) is 11.1 Å². The Labute approximate surface area is 545 Å². The number of hydrogen-bond acceptors (Lipinski definition) is 22. The molecule has 3 atom stereocenters. The molecule has 95 heavy (non-hydrogen) atoms. The first kappa shape index (κ1) is 74.8. The predicted octanol–water partition coefficient (Wildman–Crippen LogP) is -3.24. The Morgan fingerprint density at radius 1 is 0.558 bits per heavy atom. The molecule has 1 aromatic heterocycles. The van der Waals surface area contributed by atoms with E-state index in [1.54, 1.807) is 38.9 Å². The second-order valence-electron chi connectivity index (χ2n) is 22.2. The molecule has 1 saturated heterocycles. The van der Waals surface area contributed by atoms with E-state index in [4.69, 9.17) is 0 Å². The van der Waals surface area contributed by atoms with Crippen molar-refractivity contribution in [2.24, 2.45) is 4.99 Å². The van der Waals surface area contributed by atoms with E-state index in [9.17, 15) is 95.4 Å². The molecule has 0 radical (unpaired) electrons. The van der Waals surface area contributed by atoms with Gasteiger partial charge in [0, 0.05) is 122 Å². The van der Waals surface area contributed by atoms with Gasteiger partial charge in [-0.05, 0) is 79.3 Å². The second kappa shape index (κ2) is 36.4. The molecule has 0 spiro atoms. The summed E-state index contributed by atoms with van der Waals surface area (Å²) in [7, 11) is -8.75. The average Bonchev–Trinajstić information content (AvgIpc) is 1.81. The van der Waals surface area contributed by atoms with Crippen LogP contribution in [-0.4, -0.2) is 278 Å². The van der Waals surface area contributed by atoms with Crippen molar-refractivity contribution in [3.63, 3.8) is 0 Å². The Kier molecular flexibility index (Phi) is 28.7. The molecule has 14 N–H and O–H groups in total. The molecule has 2 aliphatic rings. The molecule has 4 aromatic rings. The molecule has 2 aliphatic heterocycles. The number of fused-ring (bicyclic) bond motifs is 1. The quantitative estimate of drug-likeness (QED) is 0.0201. The predicted molar refractivity (Wildman–Crippen MR) is 338 cm³/mol. The zero-order chi connectivity index (χ0) is 69.2. The number of nitrogens with zero attached hydrogens (tertiary/aromatic N) is 7. The van der Waals surface area contributed by atoms with Crippen LogP contribution in [0.15, 0.2) is 87.7 Å². The van der Waals surface area contributed by atoms with Crippen LogP contribution in [0.1, 0.15) is 48.9 Å². The van der Waals surface area contributed by atoms with E-state index < -0.39 is 163 Å². The van der Waals surface area contributed by atoms with E-state index in [0.717, 1.165) is 37.4 Å². The number of sulfonamides is 2. The highest BCUT2D eigenvalue weighted by atomic mass is 32.2. The zero-order valence-electron chi connectivity index (χ0n) is 51.7. The Bertz CT molecular complexity index is 3600. The molecule has 3 heterocycles. The number of nitrogens with one attached hydrogen (secondary N) is 8. The standard InChI is InChI=1S/C58H79N15O20S2/c74-48(34-69-23-25-70(35-51(79)80)27-29-72(37-53(83)84)30-28-71(26-24-69)36-52(81)82)66-45(13-16-50(77)78)56(87)67-44(12-15-49(75)76)55(86)59-20-21-65-94(90,91)42-8-3-38(4-9-42)39-5-10-43(11-6-39)95(92,93)68-46(57(88)89)33-63-54(85)40-7-14-47-41(31-40)32-64-73(47)22-2-19-62-58-60-17-1-18-61-58/h3-11,14,31-32,44-46,65,68H,1-2,12-13,15-30,33-37H2,(H,59,86)(H,63,85)(H,66,74)(H,67,87)(H,75,76)(H,77,78)(H,79,80)(H,81,82)(H,83,84)(H,88,89)(H2,60,61,62). The number of aliphatic imine (C=N–C) groups is 1. The van der Waals surface area contributed by atoms with Crippen LogP contribution >= 0.6 is 0 Å². The lowest BCUT2D eigenvalue weighted by Gasteiger charge is -2.33. The maximum Gasteiger partial charge on any atom is 0.323 e. The number of hydrogen-bond donors (Lipinski definition) is 14. The number of carboxylic acid groups (broad SMARTS) is 6. The molecule has 4 amide bonds. The molecular weight excluding hydrogens is 1290 g/mol. The van der Waals surface area contributed by atoms with Crippen molar-refractivity contribution in [2.75, 3.05) is 118 Å². The van der Waals surface area contributed by atoms with E-state index in [0.29, 0.717) is 29.6 Å². The Balaban J connectivity index is 0.995. The van der Waals surface area contributed by atoms with Crippen molar-refractivity contribution in [1.29, 1.82) is 0 Å². The van der Waals surface area contributed by atoms with Crippen molar-refractivity contribution in [1.82, 2.24) is 70.7 Å². The average molecular weight is 1370 g/mol. The van der Waals surface area contributed by atoms with Gasteiger partial charge in [0.2, 0.25) is 37.8 Å². The minimum atomic E-state index is -4.48. The third-order valence-electron chi connectivity index (χ3n) is 15.0. The largest absolute Gasteiger partial charge is 0.481 e. The third kappa shape index (κ3) is 25.2. The number of aromatic nitrogens is 2. The number of carboxylic acids is 6. The number of aryl methyl sites for hydroxylation is 1. The normalized spacial score (nSPS) is 15.9. The maximum absolute atomic E-state index is 13.8. The van der Waals surface area contributed by atoms with Gasteiger partial charge in [0.05, 0.1) is 47.7 Å². The molecule has 37 heteroatoms. The minimum absolute atomic E-state index is 0.0256. The van der Waals surface area contributed by atoms with Crippen LogP contribution in [0.2, 0.25) is 0 Å². The summed E-state index contributed by atoms with van der Waals surface area (Å²) in [4.78, 5) is 135. The second-order valence-corrected chi connectivity index (χ2v) is 25.7. The van der Waals surface area contributed by atoms with Gasteiger partial charge in [0.25, 0.3) is 5.91 Å². The number of rotatable bonds is 35. The van der Waals surface area contributed by atoms with Crippen molar-refractivity contribution >= 4 is 96.4 Å². The Morgan fingerprint density at radius 2 is 1.07 bits per heavy atom. The lowest BCUT2D eigenvalue weighted by atomic mass is 10.1. The lowest BCUT2D eigenvalue weighted by Crippen LogP contribution is -2.55. The van der Waals surface area contributed by atoms with Gasteiger partial charge in [-0.3, -0.25) is 77.2 Å². The summed E-state index contributed by atoms with van der Waals surface area (Å²) in [5, 5.41) is 78.7. The summed E-state index contributed by atoms with van der Waals surface area (Å²) in [6.07, 6.45) is 1.01. The van der Waals surface area contributed by atoms with Crippen LogP contribution in [0.25, 0.3) is 22.0 Å².